The molecule has 0 saturated carbocycles. The Hall–Kier alpha value is -1.39. The second kappa shape index (κ2) is 7.57. The summed E-state index contributed by atoms with van der Waals surface area (Å²) >= 11 is 3.56. The summed E-state index contributed by atoms with van der Waals surface area (Å²) in [5.74, 6) is 0.245. The van der Waals surface area contributed by atoms with Crippen LogP contribution in [0, 0.1) is 5.82 Å². The third-order valence-electron chi connectivity index (χ3n) is 3.02. The first-order valence-electron chi connectivity index (χ1n) is 6.93. The molecule has 112 valence electrons. The van der Waals surface area contributed by atoms with E-state index in [9.17, 15) is 4.39 Å². The van der Waals surface area contributed by atoms with Crippen LogP contribution < -0.4 is 10.1 Å². The molecular formula is C17H19BrFNO. The summed E-state index contributed by atoms with van der Waals surface area (Å²) in [5.41, 5.74) is 2.25. The standard InChI is InChI=1S/C17H19BrFNO/c1-12(2)20-10-13-6-7-14(17(18)8-13)11-21-16-5-3-4-15(19)9-16/h3-9,12,20H,10-11H2,1-2H3. The fourth-order valence-corrected chi connectivity index (χ4v) is 2.40. The van der Waals surface area contributed by atoms with Crippen LogP contribution in [0.2, 0.25) is 0 Å². The molecule has 0 aliphatic carbocycles. The molecule has 0 aromatic heterocycles. The number of nitrogens with one attached hydrogen (secondary N) is 1. The molecule has 2 nitrogen and oxygen atoms in total. The van der Waals surface area contributed by atoms with Crippen LogP contribution in [0.1, 0.15) is 25.0 Å². The Kier molecular flexibility index (Phi) is 5.76. The zero-order chi connectivity index (χ0) is 15.2. The van der Waals surface area contributed by atoms with Gasteiger partial charge in [0, 0.05) is 28.7 Å². The SMILES string of the molecule is CC(C)NCc1ccc(COc2cccc(F)c2)c(Br)c1. The van der Waals surface area contributed by atoms with Gasteiger partial charge in [-0.15, -0.1) is 0 Å². The lowest BCUT2D eigenvalue weighted by atomic mass is 10.1. The third-order valence-corrected chi connectivity index (χ3v) is 3.76. The van der Waals surface area contributed by atoms with E-state index in [0.717, 1.165) is 16.6 Å². The number of halogens is 2. The van der Waals surface area contributed by atoms with E-state index in [4.69, 9.17) is 4.74 Å². The molecule has 21 heavy (non-hydrogen) atoms. The van der Waals surface area contributed by atoms with Crippen molar-refractivity contribution in [2.45, 2.75) is 33.0 Å². The first-order chi connectivity index (χ1) is 10.0. The Morgan fingerprint density at radius 2 is 2.00 bits per heavy atom. The third kappa shape index (κ3) is 5.14. The van der Waals surface area contributed by atoms with Crippen molar-refractivity contribution in [1.29, 1.82) is 0 Å². The van der Waals surface area contributed by atoms with Crippen molar-refractivity contribution in [3.8, 4) is 5.75 Å². The zero-order valence-electron chi connectivity index (χ0n) is 12.2. The first kappa shape index (κ1) is 16.0. The molecule has 0 atom stereocenters. The molecule has 0 spiro atoms. The Morgan fingerprint density at radius 3 is 2.67 bits per heavy atom. The number of rotatable bonds is 6. The van der Waals surface area contributed by atoms with Crippen LogP contribution in [-0.2, 0) is 13.2 Å². The number of benzene rings is 2. The van der Waals surface area contributed by atoms with Crippen molar-refractivity contribution in [3.05, 3.63) is 63.9 Å². The van der Waals surface area contributed by atoms with Gasteiger partial charge in [-0.3, -0.25) is 0 Å². The monoisotopic (exact) mass is 351 g/mol. The van der Waals surface area contributed by atoms with E-state index in [1.807, 2.05) is 6.07 Å². The fourth-order valence-electron chi connectivity index (χ4n) is 1.86. The maximum Gasteiger partial charge on any atom is 0.126 e. The van der Waals surface area contributed by atoms with E-state index in [0.29, 0.717) is 18.4 Å². The molecule has 0 amide bonds. The zero-order valence-corrected chi connectivity index (χ0v) is 13.8. The maximum absolute atomic E-state index is 13.1. The highest BCUT2D eigenvalue weighted by atomic mass is 79.9. The van der Waals surface area contributed by atoms with E-state index in [1.165, 1.54) is 17.7 Å². The van der Waals surface area contributed by atoms with Crippen molar-refractivity contribution in [2.24, 2.45) is 0 Å². The number of hydrogen-bond acceptors (Lipinski definition) is 2. The average Bonchev–Trinajstić information content (AvgIpc) is 2.44. The van der Waals surface area contributed by atoms with Gasteiger partial charge in [0.2, 0.25) is 0 Å². The predicted octanol–water partition coefficient (Wildman–Crippen LogP) is 4.67. The van der Waals surface area contributed by atoms with Gasteiger partial charge in [-0.2, -0.15) is 0 Å². The van der Waals surface area contributed by atoms with Crippen LogP contribution in [-0.4, -0.2) is 6.04 Å². The summed E-state index contributed by atoms with van der Waals surface area (Å²) in [7, 11) is 0. The largest absolute Gasteiger partial charge is 0.489 e. The van der Waals surface area contributed by atoms with Gasteiger partial charge in [-0.05, 0) is 23.8 Å². The average molecular weight is 352 g/mol. The van der Waals surface area contributed by atoms with Crippen LogP contribution in [0.4, 0.5) is 4.39 Å². The van der Waals surface area contributed by atoms with Crippen LogP contribution >= 0.6 is 15.9 Å². The highest BCUT2D eigenvalue weighted by molar-refractivity contribution is 9.10. The summed E-state index contributed by atoms with van der Waals surface area (Å²) in [6.07, 6.45) is 0. The second-order valence-corrected chi connectivity index (χ2v) is 6.06. The molecular weight excluding hydrogens is 333 g/mol. The molecule has 0 aliphatic rings. The molecule has 0 radical (unpaired) electrons. The number of ether oxygens (including phenoxy) is 1. The number of hydrogen-bond donors (Lipinski definition) is 1. The van der Waals surface area contributed by atoms with Gasteiger partial charge in [-0.25, -0.2) is 4.39 Å². The fraction of sp³-hybridized carbons (Fsp3) is 0.294. The molecule has 0 unspecified atom stereocenters. The van der Waals surface area contributed by atoms with Gasteiger partial charge in [-0.1, -0.05) is 48.0 Å². The summed E-state index contributed by atoms with van der Waals surface area (Å²) < 4.78 is 19.7. The lowest BCUT2D eigenvalue weighted by molar-refractivity contribution is 0.304. The highest BCUT2D eigenvalue weighted by Gasteiger charge is 2.04. The quantitative estimate of drug-likeness (QED) is 0.816. The summed E-state index contributed by atoms with van der Waals surface area (Å²) in [6, 6.07) is 12.8. The Labute approximate surface area is 133 Å². The smallest absolute Gasteiger partial charge is 0.126 e. The first-order valence-corrected chi connectivity index (χ1v) is 7.73. The van der Waals surface area contributed by atoms with E-state index < -0.39 is 0 Å². The van der Waals surface area contributed by atoms with Gasteiger partial charge in [0.05, 0.1) is 0 Å². The normalized spacial score (nSPS) is 10.9. The van der Waals surface area contributed by atoms with Crippen molar-refractivity contribution in [3.63, 3.8) is 0 Å². The molecule has 2 aromatic rings. The van der Waals surface area contributed by atoms with Crippen molar-refractivity contribution >= 4 is 15.9 Å². The minimum absolute atomic E-state index is 0.290. The van der Waals surface area contributed by atoms with Crippen molar-refractivity contribution in [1.82, 2.24) is 5.32 Å². The minimum atomic E-state index is -0.290. The Balaban J connectivity index is 1.97. The van der Waals surface area contributed by atoms with E-state index >= 15 is 0 Å². The molecule has 2 rings (SSSR count). The molecule has 0 heterocycles. The van der Waals surface area contributed by atoms with Crippen LogP contribution in [0.25, 0.3) is 0 Å². The van der Waals surface area contributed by atoms with E-state index in [1.54, 1.807) is 12.1 Å². The lowest BCUT2D eigenvalue weighted by Gasteiger charge is -2.11. The van der Waals surface area contributed by atoms with Crippen molar-refractivity contribution < 1.29 is 9.13 Å². The molecule has 2 aromatic carbocycles. The van der Waals surface area contributed by atoms with Gasteiger partial charge >= 0.3 is 0 Å². The Bertz CT molecular complexity index is 601. The van der Waals surface area contributed by atoms with Gasteiger partial charge < -0.3 is 10.1 Å². The van der Waals surface area contributed by atoms with E-state index in [-0.39, 0.29) is 5.82 Å². The van der Waals surface area contributed by atoms with E-state index in [2.05, 4.69) is 47.2 Å². The summed E-state index contributed by atoms with van der Waals surface area (Å²) in [4.78, 5) is 0. The Morgan fingerprint density at radius 1 is 1.19 bits per heavy atom. The molecule has 0 fully saturated rings. The highest BCUT2D eigenvalue weighted by Crippen LogP contribution is 2.21. The molecule has 4 heteroatoms. The predicted molar refractivity (Wildman–Crippen MR) is 86.8 cm³/mol. The van der Waals surface area contributed by atoms with Crippen LogP contribution in [0.5, 0.6) is 5.75 Å². The maximum atomic E-state index is 13.1. The van der Waals surface area contributed by atoms with Crippen LogP contribution in [0.3, 0.4) is 0 Å². The molecule has 0 aliphatic heterocycles. The van der Waals surface area contributed by atoms with Gasteiger partial charge in [0.1, 0.15) is 18.2 Å². The molecule has 0 saturated heterocycles. The minimum Gasteiger partial charge on any atom is -0.489 e. The molecule has 1 N–H and O–H groups in total. The van der Waals surface area contributed by atoms with Crippen molar-refractivity contribution in [2.75, 3.05) is 0 Å². The summed E-state index contributed by atoms with van der Waals surface area (Å²) in [6.45, 7) is 5.48. The second-order valence-electron chi connectivity index (χ2n) is 5.21. The van der Waals surface area contributed by atoms with Gasteiger partial charge in [0.25, 0.3) is 0 Å². The van der Waals surface area contributed by atoms with Crippen LogP contribution in [0.15, 0.2) is 46.9 Å². The van der Waals surface area contributed by atoms with Gasteiger partial charge in [0.15, 0.2) is 0 Å². The summed E-state index contributed by atoms with van der Waals surface area (Å²) in [5, 5.41) is 3.38. The molecule has 0 bridgehead atoms. The topological polar surface area (TPSA) is 21.3 Å². The lowest BCUT2D eigenvalue weighted by Crippen LogP contribution is -2.21.